The first-order valence-electron chi connectivity index (χ1n) is 3.67. The van der Waals surface area contributed by atoms with Gasteiger partial charge in [-0.2, -0.15) is 0 Å². The van der Waals surface area contributed by atoms with Gasteiger partial charge in [0.05, 0.1) is 6.54 Å². The van der Waals surface area contributed by atoms with Crippen LogP contribution in [0.2, 0.25) is 0 Å². The number of likely N-dealkylation sites (N-methyl/N-ethyl adjacent to an activating group) is 1. The van der Waals surface area contributed by atoms with E-state index in [-0.39, 0.29) is 6.04 Å². The normalized spacial score (nSPS) is 27.6. The number of hydrogen-bond donors (Lipinski definition) is 0. The van der Waals surface area contributed by atoms with E-state index in [0.29, 0.717) is 0 Å². The van der Waals surface area contributed by atoms with Gasteiger partial charge in [0.25, 0.3) is 0 Å². The molecule has 0 amide bonds. The van der Waals surface area contributed by atoms with Gasteiger partial charge < -0.3 is 4.90 Å². The van der Waals surface area contributed by atoms with Gasteiger partial charge in [0.15, 0.2) is 0 Å². The van der Waals surface area contributed by atoms with Gasteiger partial charge in [0.2, 0.25) is 0 Å². The summed E-state index contributed by atoms with van der Waals surface area (Å²) in [5, 5.41) is 0. The van der Waals surface area contributed by atoms with Gasteiger partial charge in [0.1, 0.15) is 11.9 Å². The number of amidine groups is 1. The van der Waals surface area contributed by atoms with Crippen molar-refractivity contribution >= 4 is 12.1 Å². The summed E-state index contributed by atoms with van der Waals surface area (Å²) in [6.07, 6.45) is 3.47. The first-order chi connectivity index (χ1) is 5.25. The molecule has 1 aliphatic heterocycles. The summed E-state index contributed by atoms with van der Waals surface area (Å²) in [5.41, 5.74) is 0. The van der Waals surface area contributed by atoms with Crippen LogP contribution in [-0.4, -0.2) is 36.6 Å². The molecule has 1 rings (SSSR count). The maximum atomic E-state index is 4.24. The van der Waals surface area contributed by atoms with Crippen LogP contribution in [0.1, 0.15) is 6.92 Å². The van der Waals surface area contributed by atoms with Crippen LogP contribution in [0.25, 0.3) is 0 Å². The second kappa shape index (κ2) is 3.32. The lowest BCUT2D eigenvalue weighted by Gasteiger charge is -2.25. The Kier molecular flexibility index (Phi) is 2.41. The Balaban J connectivity index is 2.82. The molecule has 1 atom stereocenters. The van der Waals surface area contributed by atoms with Crippen molar-refractivity contribution in [2.24, 2.45) is 9.98 Å². The van der Waals surface area contributed by atoms with E-state index >= 15 is 0 Å². The van der Waals surface area contributed by atoms with Gasteiger partial charge in [-0.25, -0.2) is 4.99 Å². The Morgan fingerprint density at radius 3 is 3.18 bits per heavy atom. The van der Waals surface area contributed by atoms with E-state index in [4.69, 9.17) is 0 Å². The number of aliphatic imine (C=N–C) groups is 2. The smallest absolute Gasteiger partial charge is 0.129 e. The summed E-state index contributed by atoms with van der Waals surface area (Å²) in [7, 11) is 2.00. The molecule has 1 unspecified atom stereocenters. The fraction of sp³-hybridized carbons (Fsp3) is 0.500. The molecule has 0 saturated heterocycles. The van der Waals surface area contributed by atoms with E-state index in [2.05, 4.69) is 21.5 Å². The van der Waals surface area contributed by atoms with Gasteiger partial charge in [-0.3, -0.25) is 4.99 Å². The predicted octanol–water partition coefficient (Wildman–Crippen LogP) is 0.933. The molecule has 0 bridgehead atoms. The summed E-state index contributed by atoms with van der Waals surface area (Å²) in [4.78, 5) is 10.4. The van der Waals surface area contributed by atoms with E-state index in [9.17, 15) is 0 Å². The van der Waals surface area contributed by atoms with E-state index < -0.39 is 0 Å². The Morgan fingerprint density at radius 1 is 1.91 bits per heavy atom. The molecule has 0 radical (unpaired) electrons. The maximum absolute atomic E-state index is 4.24. The van der Waals surface area contributed by atoms with Crippen molar-refractivity contribution in [3.8, 4) is 0 Å². The predicted molar refractivity (Wildman–Crippen MR) is 48.2 cm³/mol. The lowest BCUT2D eigenvalue weighted by molar-refractivity contribution is 0.544. The molecule has 3 heteroatoms. The van der Waals surface area contributed by atoms with Gasteiger partial charge in [-0.15, -0.1) is 0 Å². The Bertz CT molecular complexity index is 205. The van der Waals surface area contributed by atoms with Crippen molar-refractivity contribution in [2.75, 3.05) is 13.6 Å². The number of rotatable bonds is 1. The second-order valence-corrected chi connectivity index (χ2v) is 2.56. The Labute approximate surface area is 67.1 Å². The van der Waals surface area contributed by atoms with Crippen molar-refractivity contribution in [1.82, 2.24) is 4.90 Å². The molecule has 0 spiro atoms. The summed E-state index contributed by atoms with van der Waals surface area (Å²) in [6, 6.07) is 0.173. The molecular weight excluding hydrogens is 138 g/mol. The average molecular weight is 151 g/mol. The zero-order valence-electron chi connectivity index (χ0n) is 6.99. The standard InChI is InChI=1S/C8H13N3/c1-4-9-8-7(2)10-5-6-11(8)3/h4-5,7H,1,6H2,2-3H3. The third-order valence-electron chi connectivity index (χ3n) is 1.67. The lowest BCUT2D eigenvalue weighted by atomic mass is 10.2. The molecule has 1 heterocycles. The van der Waals surface area contributed by atoms with Crippen molar-refractivity contribution < 1.29 is 0 Å². The van der Waals surface area contributed by atoms with E-state index in [1.807, 2.05) is 20.2 Å². The highest BCUT2D eigenvalue weighted by atomic mass is 15.2. The number of nitrogens with zero attached hydrogens (tertiary/aromatic N) is 3. The van der Waals surface area contributed by atoms with E-state index in [1.165, 1.54) is 0 Å². The maximum Gasteiger partial charge on any atom is 0.129 e. The molecule has 3 nitrogen and oxygen atoms in total. The summed E-state index contributed by atoms with van der Waals surface area (Å²) < 4.78 is 0. The topological polar surface area (TPSA) is 28.0 Å². The van der Waals surface area contributed by atoms with Gasteiger partial charge in [-0.1, -0.05) is 6.58 Å². The van der Waals surface area contributed by atoms with Gasteiger partial charge in [0, 0.05) is 19.5 Å². The van der Waals surface area contributed by atoms with Crippen LogP contribution >= 0.6 is 0 Å². The van der Waals surface area contributed by atoms with Gasteiger partial charge >= 0.3 is 0 Å². The van der Waals surface area contributed by atoms with Crippen LogP contribution in [0.4, 0.5) is 0 Å². The minimum atomic E-state index is 0.173. The highest BCUT2D eigenvalue weighted by Crippen LogP contribution is 2.03. The third-order valence-corrected chi connectivity index (χ3v) is 1.67. The molecule has 60 valence electrons. The second-order valence-electron chi connectivity index (χ2n) is 2.56. The van der Waals surface area contributed by atoms with Crippen LogP contribution in [0.15, 0.2) is 22.8 Å². The largest absolute Gasteiger partial charge is 0.356 e. The molecule has 11 heavy (non-hydrogen) atoms. The third kappa shape index (κ3) is 1.67. The zero-order chi connectivity index (χ0) is 8.27. The molecule has 0 aromatic heterocycles. The minimum Gasteiger partial charge on any atom is -0.356 e. The summed E-state index contributed by atoms with van der Waals surface area (Å²) in [6.45, 7) is 6.42. The van der Waals surface area contributed by atoms with Crippen molar-refractivity contribution in [3.63, 3.8) is 0 Å². The van der Waals surface area contributed by atoms with Crippen LogP contribution in [0.3, 0.4) is 0 Å². The molecule has 1 aliphatic rings. The quantitative estimate of drug-likeness (QED) is 0.548. The van der Waals surface area contributed by atoms with E-state index in [1.54, 1.807) is 6.20 Å². The first kappa shape index (κ1) is 7.98. The van der Waals surface area contributed by atoms with Crippen LogP contribution < -0.4 is 0 Å². The summed E-state index contributed by atoms with van der Waals surface area (Å²) >= 11 is 0. The Hall–Kier alpha value is -1.12. The average Bonchev–Trinajstić information content (AvgIpc) is 1.97. The van der Waals surface area contributed by atoms with Crippen LogP contribution in [0.5, 0.6) is 0 Å². The molecule has 0 fully saturated rings. The zero-order valence-corrected chi connectivity index (χ0v) is 6.99. The Morgan fingerprint density at radius 2 is 2.64 bits per heavy atom. The van der Waals surface area contributed by atoms with Crippen molar-refractivity contribution in [1.29, 1.82) is 0 Å². The molecule has 0 N–H and O–H groups in total. The molecule has 0 aromatic rings. The highest BCUT2D eigenvalue weighted by Gasteiger charge is 2.15. The molecule has 0 aliphatic carbocycles. The molecule has 0 saturated carbocycles. The number of hydrogen-bond acceptors (Lipinski definition) is 2. The lowest BCUT2D eigenvalue weighted by Crippen LogP contribution is -2.39. The highest BCUT2D eigenvalue weighted by molar-refractivity contribution is 5.92. The van der Waals surface area contributed by atoms with Crippen molar-refractivity contribution in [3.05, 3.63) is 12.8 Å². The summed E-state index contributed by atoms with van der Waals surface area (Å²) in [5.74, 6) is 0.988. The first-order valence-corrected chi connectivity index (χ1v) is 3.67. The molecular formula is C8H13N3. The van der Waals surface area contributed by atoms with E-state index in [0.717, 1.165) is 12.4 Å². The van der Waals surface area contributed by atoms with Gasteiger partial charge in [-0.05, 0) is 6.92 Å². The van der Waals surface area contributed by atoms with Crippen LogP contribution in [-0.2, 0) is 0 Å². The fourth-order valence-electron chi connectivity index (χ4n) is 1.11. The monoisotopic (exact) mass is 151 g/mol. The van der Waals surface area contributed by atoms with Crippen molar-refractivity contribution in [2.45, 2.75) is 13.0 Å². The minimum absolute atomic E-state index is 0.173. The van der Waals surface area contributed by atoms with Crippen LogP contribution in [0, 0.1) is 0 Å². The molecule has 0 aromatic carbocycles. The SMILES string of the molecule is C=CN=C1C(C)N=CCN1C. The fourth-order valence-corrected chi connectivity index (χ4v) is 1.11.